The number of nitrogen functional groups attached to an aromatic ring is 1. The standard InChI is InChI=1S/C11H13BrN4/c1-14-6-5-9-15-10-7(11(13)16-9)3-2-4-8(10)12/h2-4,14H,5-6H2,1H3,(H2,13,15,16). The van der Waals surface area contributed by atoms with Crippen molar-refractivity contribution in [3.63, 3.8) is 0 Å². The Kier molecular flexibility index (Phi) is 3.36. The molecule has 16 heavy (non-hydrogen) atoms. The van der Waals surface area contributed by atoms with Crippen LogP contribution in [0.15, 0.2) is 22.7 Å². The van der Waals surface area contributed by atoms with E-state index in [0.29, 0.717) is 5.82 Å². The van der Waals surface area contributed by atoms with E-state index in [-0.39, 0.29) is 0 Å². The van der Waals surface area contributed by atoms with Crippen molar-refractivity contribution in [2.75, 3.05) is 19.3 Å². The molecule has 1 aromatic carbocycles. The van der Waals surface area contributed by atoms with Gasteiger partial charge in [0.2, 0.25) is 0 Å². The lowest BCUT2D eigenvalue weighted by Gasteiger charge is -2.06. The van der Waals surface area contributed by atoms with Crippen LogP contribution < -0.4 is 11.1 Å². The average Bonchev–Trinajstić information content (AvgIpc) is 2.28. The number of para-hydroxylation sites is 1. The summed E-state index contributed by atoms with van der Waals surface area (Å²) in [5, 5.41) is 3.96. The first-order valence-electron chi connectivity index (χ1n) is 5.07. The van der Waals surface area contributed by atoms with Gasteiger partial charge in [-0.15, -0.1) is 0 Å². The Morgan fingerprint density at radius 3 is 2.94 bits per heavy atom. The van der Waals surface area contributed by atoms with E-state index in [1.807, 2.05) is 25.2 Å². The first-order valence-corrected chi connectivity index (χ1v) is 5.87. The maximum Gasteiger partial charge on any atom is 0.135 e. The summed E-state index contributed by atoms with van der Waals surface area (Å²) in [5.41, 5.74) is 6.78. The third-order valence-electron chi connectivity index (χ3n) is 2.35. The molecule has 0 amide bonds. The van der Waals surface area contributed by atoms with Crippen LogP contribution in [0.25, 0.3) is 10.9 Å². The first-order chi connectivity index (χ1) is 7.72. The van der Waals surface area contributed by atoms with Gasteiger partial charge in [-0.1, -0.05) is 6.07 Å². The second kappa shape index (κ2) is 4.76. The predicted molar refractivity (Wildman–Crippen MR) is 69.3 cm³/mol. The minimum atomic E-state index is 0.539. The summed E-state index contributed by atoms with van der Waals surface area (Å²) in [5.74, 6) is 1.31. The van der Waals surface area contributed by atoms with Gasteiger partial charge in [-0.25, -0.2) is 9.97 Å². The van der Waals surface area contributed by atoms with E-state index in [1.165, 1.54) is 0 Å². The fourth-order valence-electron chi connectivity index (χ4n) is 1.54. The lowest BCUT2D eigenvalue weighted by molar-refractivity contribution is 0.760. The van der Waals surface area contributed by atoms with Crippen LogP contribution >= 0.6 is 15.9 Å². The molecular weight excluding hydrogens is 268 g/mol. The molecule has 0 saturated carbocycles. The zero-order valence-electron chi connectivity index (χ0n) is 9.00. The van der Waals surface area contributed by atoms with Crippen LogP contribution in [-0.2, 0) is 6.42 Å². The largest absolute Gasteiger partial charge is 0.383 e. The second-order valence-electron chi connectivity index (χ2n) is 3.51. The summed E-state index contributed by atoms with van der Waals surface area (Å²) in [7, 11) is 1.90. The molecule has 84 valence electrons. The average molecular weight is 281 g/mol. The molecule has 0 atom stereocenters. The van der Waals surface area contributed by atoms with Crippen molar-refractivity contribution in [2.45, 2.75) is 6.42 Å². The summed E-state index contributed by atoms with van der Waals surface area (Å²) in [6, 6.07) is 5.81. The van der Waals surface area contributed by atoms with Crippen LogP contribution in [0.3, 0.4) is 0 Å². The molecule has 0 aliphatic carbocycles. The molecule has 0 unspecified atom stereocenters. The van der Waals surface area contributed by atoms with Crippen molar-refractivity contribution in [1.82, 2.24) is 15.3 Å². The summed E-state index contributed by atoms with van der Waals surface area (Å²) in [6.45, 7) is 0.843. The van der Waals surface area contributed by atoms with Gasteiger partial charge in [0.15, 0.2) is 0 Å². The fourth-order valence-corrected chi connectivity index (χ4v) is 1.99. The van der Waals surface area contributed by atoms with Crippen LogP contribution in [0.4, 0.5) is 5.82 Å². The molecule has 0 saturated heterocycles. The molecular formula is C11H13BrN4. The van der Waals surface area contributed by atoms with Gasteiger partial charge in [-0.3, -0.25) is 0 Å². The number of rotatable bonds is 3. The maximum atomic E-state index is 5.91. The highest BCUT2D eigenvalue weighted by Gasteiger charge is 2.07. The monoisotopic (exact) mass is 280 g/mol. The zero-order chi connectivity index (χ0) is 11.5. The number of aromatic nitrogens is 2. The number of halogens is 1. The van der Waals surface area contributed by atoms with Gasteiger partial charge in [-0.05, 0) is 35.1 Å². The van der Waals surface area contributed by atoms with Crippen molar-refractivity contribution in [1.29, 1.82) is 0 Å². The minimum absolute atomic E-state index is 0.539. The topological polar surface area (TPSA) is 63.8 Å². The number of hydrogen-bond donors (Lipinski definition) is 2. The van der Waals surface area contributed by atoms with Gasteiger partial charge < -0.3 is 11.1 Å². The van der Waals surface area contributed by atoms with E-state index in [2.05, 4.69) is 31.2 Å². The Morgan fingerprint density at radius 2 is 2.19 bits per heavy atom. The molecule has 0 aliphatic heterocycles. The summed E-state index contributed by atoms with van der Waals surface area (Å²) >= 11 is 3.47. The molecule has 1 heterocycles. The maximum absolute atomic E-state index is 5.91. The van der Waals surface area contributed by atoms with Crippen molar-refractivity contribution in [2.24, 2.45) is 0 Å². The number of fused-ring (bicyclic) bond motifs is 1. The Balaban J connectivity index is 2.52. The number of nitrogens with one attached hydrogen (secondary N) is 1. The number of nitrogens with zero attached hydrogens (tertiary/aromatic N) is 2. The van der Waals surface area contributed by atoms with Crippen LogP contribution in [-0.4, -0.2) is 23.6 Å². The molecule has 2 aromatic rings. The highest BCUT2D eigenvalue weighted by molar-refractivity contribution is 9.10. The molecule has 0 aliphatic rings. The molecule has 0 spiro atoms. The van der Waals surface area contributed by atoms with Gasteiger partial charge in [0.05, 0.1) is 5.52 Å². The molecule has 0 bridgehead atoms. The quantitative estimate of drug-likeness (QED) is 0.899. The third-order valence-corrected chi connectivity index (χ3v) is 2.99. The van der Waals surface area contributed by atoms with Crippen molar-refractivity contribution in [3.8, 4) is 0 Å². The zero-order valence-corrected chi connectivity index (χ0v) is 10.6. The van der Waals surface area contributed by atoms with Gasteiger partial charge in [0.25, 0.3) is 0 Å². The molecule has 1 aromatic heterocycles. The number of benzene rings is 1. The molecule has 5 heteroatoms. The number of hydrogen-bond acceptors (Lipinski definition) is 4. The van der Waals surface area contributed by atoms with Gasteiger partial charge >= 0.3 is 0 Å². The molecule has 0 fully saturated rings. The van der Waals surface area contributed by atoms with E-state index in [1.54, 1.807) is 0 Å². The Morgan fingerprint density at radius 1 is 1.38 bits per heavy atom. The first kappa shape index (κ1) is 11.3. The molecule has 3 N–H and O–H groups in total. The van der Waals surface area contributed by atoms with E-state index in [0.717, 1.165) is 34.2 Å². The van der Waals surface area contributed by atoms with Gasteiger partial charge in [0.1, 0.15) is 11.6 Å². The SMILES string of the molecule is CNCCc1nc(N)c2cccc(Br)c2n1. The Hall–Kier alpha value is -1.20. The highest BCUT2D eigenvalue weighted by atomic mass is 79.9. The number of nitrogens with two attached hydrogens (primary N) is 1. The molecule has 4 nitrogen and oxygen atoms in total. The van der Waals surface area contributed by atoms with Crippen LogP contribution in [0, 0.1) is 0 Å². The fraction of sp³-hybridized carbons (Fsp3) is 0.273. The van der Waals surface area contributed by atoms with Gasteiger partial charge in [0, 0.05) is 22.8 Å². The van der Waals surface area contributed by atoms with Gasteiger partial charge in [-0.2, -0.15) is 0 Å². The van der Waals surface area contributed by atoms with Crippen molar-refractivity contribution in [3.05, 3.63) is 28.5 Å². The third kappa shape index (κ3) is 2.15. The smallest absolute Gasteiger partial charge is 0.135 e. The van der Waals surface area contributed by atoms with E-state index < -0.39 is 0 Å². The molecule has 0 radical (unpaired) electrons. The Bertz CT molecular complexity index is 513. The van der Waals surface area contributed by atoms with Crippen LogP contribution in [0.5, 0.6) is 0 Å². The number of anilines is 1. The van der Waals surface area contributed by atoms with E-state index in [4.69, 9.17) is 5.73 Å². The summed E-state index contributed by atoms with van der Waals surface area (Å²) < 4.78 is 0.949. The van der Waals surface area contributed by atoms with E-state index >= 15 is 0 Å². The lowest BCUT2D eigenvalue weighted by atomic mass is 10.2. The predicted octanol–water partition coefficient (Wildman–Crippen LogP) is 1.74. The van der Waals surface area contributed by atoms with Crippen molar-refractivity contribution >= 4 is 32.7 Å². The van der Waals surface area contributed by atoms with E-state index in [9.17, 15) is 0 Å². The number of likely N-dealkylation sites (N-methyl/N-ethyl adjacent to an activating group) is 1. The minimum Gasteiger partial charge on any atom is -0.383 e. The van der Waals surface area contributed by atoms with Crippen molar-refractivity contribution < 1.29 is 0 Å². The molecule has 2 rings (SSSR count). The Labute approximate surface area is 102 Å². The van der Waals surface area contributed by atoms with Crippen LogP contribution in [0.2, 0.25) is 0 Å². The normalized spacial score (nSPS) is 10.9. The summed E-state index contributed by atoms with van der Waals surface area (Å²) in [6.07, 6.45) is 0.776. The second-order valence-corrected chi connectivity index (χ2v) is 4.37. The summed E-state index contributed by atoms with van der Waals surface area (Å²) in [4.78, 5) is 8.78. The highest BCUT2D eigenvalue weighted by Crippen LogP contribution is 2.25. The van der Waals surface area contributed by atoms with Crippen LogP contribution in [0.1, 0.15) is 5.82 Å². The lowest BCUT2D eigenvalue weighted by Crippen LogP contribution is -2.13.